The molecule has 1 aromatic carbocycles. The van der Waals surface area contributed by atoms with Crippen LogP contribution in [0.3, 0.4) is 0 Å². The Morgan fingerprint density at radius 3 is 2.57 bits per heavy atom. The van der Waals surface area contributed by atoms with Gasteiger partial charge in [0.05, 0.1) is 12.3 Å². The van der Waals surface area contributed by atoms with E-state index in [-0.39, 0.29) is 6.09 Å². The number of carbonyl (C=O) groups excluding carboxylic acids is 1. The summed E-state index contributed by atoms with van der Waals surface area (Å²) in [4.78, 5) is 11.5. The molecule has 118 valence electrons. The minimum Gasteiger partial charge on any atom is -0.492 e. The van der Waals surface area contributed by atoms with Crippen molar-refractivity contribution in [2.24, 2.45) is 0 Å². The van der Waals surface area contributed by atoms with E-state index in [4.69, 9.17) is 9.47 Å². The highest BCUT2D eigenvalue weighted by Gasteiger charge is 2.15. The minimum absolute atomic E-state index is 0.378. The van der Waals surface area contributed by atoms with Crippen LogP contribution in [0.2, 0.25) is 0 Å². The molecule has 0 fully saturated rings. The van der Waals surface area contributed by atoms with E-state index in [1.165, 1.54) is 0 Å². The Bertz CT molecular complexity index is 441. The second kappa shape index (κ2) is 8.39. The van der Waals surface area contributed by atoms with Gasteiger partial charge in [0.25, 0.3) is 0 Å². The maximum atomic E-state index is 11.5. The molecule has 0 saturated carbocycles. The second-order valence-corrected chi connectivity index (χ2v) is 5.64. The predicted molar refractivity (Wildman–Crippen MR) is 85.0 cm³/mol. The maximum absolute atomic E-state index is 11.5. The molecule has 0 aromatic heterocycles. The standard InChI is InChI=1S/C16H26N2O3/c1-5-20-14-10-7-6-9-13(14)17-11-8-12-18-15(19)21-16(2,3)4/h6-7,9-10,17H,5,8,11-12H2,1-4H3,(H,18,19). The van der Waals surface area contributed by atoms with Gasteiger partial charge >= 0.3 is 6.09 Å². The smallest absolute Gasteiger partial charge is 0.407 e. The third-order valence-electron chi connectivity index (χ3n) is 2.52. The zero-order valence-corrected chi connectivity index (χ0v) is 13.4. The van der Waals surface area contributed by atoms with Crippen LogP contribution in [-0.4, -0.2) is 31.4 Å². The first-order valence-electron chi connectivity index (χ1n) is 7.35. The Labute approximate surface area is 127 Å². The fourth-order valence-electron chi connectivity index (χ4n) is 1.71. The zero-order chi connectivity index (χ0) is 15.7. The molecule has 21 heavy (non-hydrogen) atoms. The summed E-state index contributed by atoms with van der Waals surface area (Å²) in [5.74, 6) is 0.847. The largest absolute Gasteiger partial charge is 0.492 e. The number of ether oxygens (including phenoxy) is 2. The summed E-state index contributed by atoms with van der Waals surface area (Å²) >= 11 is 0. The topological polar surface area (TPSA) is 59.6 Å². The van der Waals surface area contributed by atoms with Gasteiger partial charge in [0.2, 0.25) is 0 Å². The van der Waals surface area contributed by atoms with Crippen LogP contribution < -0.4 is 15.4 Å². The molecule has 0 aliphatic heterocycles. The van der Waals surface area contributed by atoms with Crippen molar-refractivity contribution in [3.63, 3.8) is 0 Å². The lowest BCUT2D eigenvalue weighted by Crippen LogP contribution is -2.33. The van der Waals surface area contributed by atoms with E-state index in [1.807, 2.05) is 52.0 Å². The minimum atomic E-state index is -0.460. The molecule has 0 spiro atoms. The van der Waals surface area contributed by atoms with Crippen LogP contribution in [0.15, 0.2) is 24.3 Å². The number of amides is 1. The molecule has 0 heterocycles. The molecule has 0 saturated heterocycles. The second-order valence-electron chi connectivity index (χ2n) is 5.64. The predicted octanol–water partition coefficient (Wildman–Crippen LogP) is 3.41. The van der Waals surface area contributed by atoms with Gasteiger partial charge in [0, 0.05) is 13.1 Å². The third-order valence-corrected chi connectivity index (χ3v) is 2.52. The van der Waals surface area contributed by atoms with Crippen molar-refractivity contribution in [2.75, 3.05) is 25.0 Å². The fourth-order valence-corrected chi connectivity index (χ4v) is 1.71. The number of hydrogen-bond acceptors (Lipinski definition) is 4. The summed E-state index contributed by atoms with van der Waals surface area (Å²) in [6.45, 7) is 9.45. The lowest BCUT2D eigenvalue weighted by molar-refractivity contribution is 0.0528. The molecule has 2 N–H and O–H groups in total. The van der Waals surface area contributed by atoms with Crippen LogP contribution in [-0.2, 0) is 4.74 Å². The normalized spacial score (nSPS) is 10.9. The van der Waals surface area contributed by atoms with Crippen LogP contribution in [0.1, 0.15) is 34.1 Å². The Morgan fingerprint density at radius 2 is 1.90 bits per heavy atom. The number of anilines is 1. The number of benzene rings is 1. The molecule has 0 aliphatic carbocycles. The van der Waals surface area contributed by atoms with Crippen LogP contribution in [0, 0.1) is 0 Å². The van der Waals surface area contributed by atoms with Crippen molar-refractivity contribution in [2.45, 2.75) is 39.7 Å². The van der Waals surface area contributed by atoms with E-state index in [0.29, 0.717) is 13.2 Å². The van der Waals surface area contributed by atoms with Crippen LogP contribution in [0.5, 0.6) is 5.75 Å². The van der Waals surface area contributed by atoms with Crippen molar-refractivity contribution < 1.29 is 14.3 Å². The zero-order valence-electron chi connectivity index (χ0n) is 13.4. The molecular formula is C16H26N2O3. The molecule has 1 rings (SSSR count). The fraction of sp³-hybridized carbons (Fsp3) is 0.562. The Balaban J connectivity index is 2.24. The molecular weight excluding hydrogens is 268 g/mol. The number of rotatable bonds is 7. The van der Waals surface area contributed by atoms with Crippen LogP contribution in [0.25, 0.3) is 0 Å². The van der Waals surface area contributed by atoms with Crippen molar-refractivity contribution >= 4 is 11.8 Å². The highest BCUT2D eigenvalue weighted by Crippen LogP contribution is 2.23. The summed E-state index contributed by atoms with van der Waals surface area (Å²) in [6.07, 6.45) is 0.428. The Hall–Kier alpha value is -1.91. The van der Waals surface area contributed by atoms with Gasteiger partial charge in [-0.25, -0.2) is 4.79 Å². The quantitative estimate of drug-likeness (QED) is 0.757. The summed E-state index contributed by atoms with van der Waals surface area (Å²) in [5, 5.41) is 6.04. The third kappa shape index (κ3) is 7.44. The maximum Gasteiger partial charge on any atom is 0.407 e. The molecule has 5 nitrogen and oxygen atoms in total. The van der Waals surface area contributed by atoms with E-state index in [9.17, 15) is 4.79 Å². The Kier molecular flexibility index (Phi) is 6.85. The van der Waals surface area contributed by atoms with Gasteiger partial charge in [0.15, 0.2) is 0 Å². The van der Waals surface area contributed by atoms with Crippen molar-refractivity contribution in [3.05, 3.63) is 24.3 Å². The van der Waals surface area contributed by atoms with E-state index in [1.54, 1.807) is 0 Å². The van der Waals surface area contributed by atoms with Gasteiger partial charge in [-0.1, -0.05) is 12.1 Å². The summed E-state index contributed by atoms with van der Waals surface area (Å²) in [6, 6.07) is 7.82. The van der Waals surface area contributed by atoms with Gasteiger partial charge in [-0.2, -0.15) is 0 Å². The highest BCUT2D eigenvalue weighted by molar-refractivity contribution is 5.67. The van der Waals surface area contributed by atoms with Gasteiger partial charge in [-0.05, 0) is 46.2 Å². The van der Waals surface area contributed by atoms with Gasteiger partial charge in [0.1, 0.15) is 11.4 Å². The first-order valence-corrected chi connectivity index (χ1v) is 7.35. The molecule has 0 radical (unpaired) electrons. The van der Waals surface area contributed by atoms with Crippen LogP contribution in [0.4, 0.5) is 10.5 Å². The van der Waals surface area contributed by atoms with Crippen molar-refractivity contribution in [1.29, 1.82) is 0 Å². The first kappa shape index (κ1) is 17.1. The lowest BCUT2D eigenvalue weighted by atomic mass is 10.2. The summed E-state index contributed by atoms with van der Waals surface area (Å²) in [7, 11) is 0. The van der Waals surface area contributed by atoms with E-state index < -0.39 is 5.60 Å². The highest BCUT2D eigenvalue weighted by atomic mass is 16.6. The molecule has 5 heteroatoms. The lowest BCUT2D eigenvalue weighted by Gasteiger charge is -2.19. The first-order chi connectivity index (χ1) is 9.92. The van der Waals surface area contributed by atoms with Crippen molar-refractivity contribution in [3.8, 4) is 5.75 Å². The van der Waals surface area contributed by atoms with E-state index >= 15 is 0 Å². The average Bonchev–Trinajstić information content (AvgIpc) is 2.38. The van der Waals surface area contributed by atoms with Gasteiger partial charge in [-0.3, -0.25) is 0 Å². The monoisotopic (exact) mass is 294 g/mol. The SMILES string of the molecule is CCOc1ccccc1NCCCNC(=O)OC(C)(C)C. The summed E-state index contributed by atoms with van der Waals surface area (Å²) < 4.78 is 10.7. The molecule has 0 unspecified atom stereocenters. The molecule has 0 bridgehead atoms. The molecule has 1 aromatic rings. The molecule has 1 amide bonds. The number of hydrogen-bond donors (Lipinski definition) is 2. The number of alkyl carbamates (subject to hydrolysis) is 1. The number of para-hydroxylation sites is 2. The van der Waals surface area contributed by atoms with Crippen molar-refractivity contribution in [1.82, 2.24) is 5.32 Å². The van der Waals surface area contributed by atoms with Gasteiger partial charge < -0.3 is 20.1 Å². The number of carbonyl (C=O) groups is 1. The average molecular weight is 294 g/mol. The number of nitrogens with one attached hydrogen (secondary N) is 2. The summed E-state index contributed by atoms with van der Waals surface area (Å²) in [5.41, 5.74) is 0.510. The molecule has 0 atom stereocenters. The van der Waals surface area contributed by atoms with Gasteiger partial charge in [-0.15, -0.1) is 0 Å². The van der Waals surface area contributed by atoms with E-state index in [2.05, 4.69) is 10.6 Å². The molecule has 0 aliphatic rings. The van der Waals surface area contributed by atoms with Crippen LogP contribution >= 0.6 is 0 Å². The Morgan fingerprint density at radius 1 is 1.19 bits per heavy atom. The van der Waals surface area contributed by atoms with E-state index in [0.717, 1.165) is 24.4 Å².